The topological polar surface area (TPSA) is 57.0 Å². The number of halogens is 1. The van der Waals surface area contributed by atoms with Gasteiger partial charge in [0.2, 0.25) is 0 Å². The lowest BCUT2D eigenvalue weighted by Crippen LogP contribution is -2.04. The highest BCUT2D eigenvalue weighted by Crippen LogP contribution is 2.25. The first-order valence-electron chi connectivity index (χ1n) is 7.54. The molecule has 0 fully saturated rings. The molecule has 0 aliphatic carbocycles. The summed E-state index contributed by atoms with van der Waals surface area (Å²) in [6.07, 6.45) is 0. The van der Waals surface area contributed by atoms with Crippen LogP contribution in [0.2, 0.25) is 0 Å². The summed E-state index contributed by atoms with van der Waals surface area (Å²) in [5.41, 5.74) is 1.36. The number of benzene rings is 2. The Balaban J connectivity index is 1.73. The lowest BCUT2D eigenvalue weighted by atomic mass is 10.1. The number of carbonyl (C=O) groups is 1. The minimum Gasteiger partial charge on any atom is -0.497 e. The van der Waals surface area contributed by atoms with Crippen molar-refractivity contribution >= 4 is 17.5 Å². The van der Waals surface area contributed by atoms with Crippen molar-refractivity contribution in [2.24, 2.45) is 7.05 Å². The van der Waals surface area contributed by atoms with Crippen LogP contribution in [0.1, 0.15) is 10.4 Å². The van der Waals surface area contributed by atoms with Crippen molar-refractivity contribution < 1.29 is 13.9 Å². The summed E-state index contributed by atoms with van der Waals surface area (Å²) in [5.74, 6) is 1.18. The summed E-state index contributed by atoms with van der Waals surface area (Å²) in [6.45, 7) is 0. The molecule has 0 saturated carbocycles. The Hall–Kier alpha value is -2.67. The highest BCUT2D eigenvalue weighted by atomic mass is 32.2. The molecule has 0 saturated heterocycles. The van der Waals surface area contributed by atoms with Crippen LogP contribution < -0.4 is 4.74 Å². The van der Waals surface area contributed by atoms with Gasteiger partial charge < -0.3 is 9.30 Å². The second kappa shape index (κ2) is 7.48. The summed E-state index contributed by atoms with van der Waals surface area (Å²) in [7, 11) is 3.46. The molecule has 5 nitrogen and oxygen atoms in total. The number of thioether (sulfide) groups is 1. The average molecular weight is 357 g/mol. The third kappa shape index (κ3) is 3.88. The van der Waals surface area contributed by atoms with Crippen molar-refractivity contribution in [1.29, 1.82) is 0 Å². The number of rotatable bonds is 6. The van der Waals surface area contributed by atoms with E-state index in [1.54, 1.807) is 7.11 Å². The first-order chi connectivity index (χ1) is 12.1. The van der Waals surface area contributed by atoms with Crippen LogP contribution in [0.4, 0.5) is 4.39 Å². The molecule has 0 amide bonds. The smallest absolute Gasteiger partial charge is 0.191 e. The fourth-order valence-corrected chi connectivity index (χ4v) is 3.11. The van der Waals surface area contributed by atoms with Gasteiger partial charge in [-0.15, -0.1) is 10.2 Å². The summed E-state index contributed by atoms with van der Waals surface area (Å²) in [5, 5.41) is 8.98. The Labute approximate surface area is 148 Å². The fraction of sp³-hybridized carbons (Fsp3) is 0.167. The number of ketones is 1. The molecule has 0 unspecified atom stereocenters. The van der Waals surface area contributed by atoms with E-state index in [9.17, 15) is 9.18 Å². The van der Waals surface area contributed by atoms with Gasteiger partial charge in [-0.25, -0.2) is 4.39 Å². The van der Waals surface area contributed by atoms with Crippen LogP contribution in [-0.4, -0.2) is 33.4 Å². The van der Waals surface area contributed by atoms with E-state index in [1.165, 1.54) is 36.0 Å². The summed E-state index contributed by atoms with van der Waals surface area (Å²) in [6, 6.07) is 13.1. The quantitative estimate of drug-likeness (QED) is 0.498. The van der Waals surface area contributed by atoms with E-state index in [1.807, 2.05) is 35.9 Å². The van der Waals surface area contributed by atoms with Gasteiger partial charge in [-0.05, 0) is 36.4 Å². The fourth-order valence-electron chi connectivity index (χ4n) is 2.30. The van der Waals surface area contributed by atoms with Crippen LogP contribution in [-0.2, 0) is 7.05 Å². The largest absolute Gasteiger partial charge is 0.497 e. The Morgan fingerprint density at radius 1 is 1.20 bits per heavy atom. The normalized spacial score (nSPS) is 10.7. The molecule has 0 aliphatic heterocycles. The van der Waals surface area contributed by atoms with Gasteiger partial charge in [0.1, 0.15) is 11.6 Å². The van der Waals surface area contributed by atoms with E-state index in [4.69, 9.17) is 4.74 Å². The number of hydrogen-bond acceptors (Lipinski definition) is 5. The summed E-state index contributed by atoms with van der Waals surface area (Å²) in [4.78, 5) is 12.2. The molecule has 25 heavy (non-hydrogen) atoms. The van der Waals surface area contributed by atoms with E-state index >= 15 is 0 Å². The van der Waals surface area contributed by atoms with Crippen molar-refractivity contribution in [2.45, 2.75) is 5.16 Å². The number of aromatic nitrogens is 3. The zero-order valence-electron chi connectivity index (χ0n) is 13.8. The van der Waals surface area contributed by atoms with E-state index < -0.39 is 0 Å². The zero-order chi connectivity index (χ0) is 17.8. The molecule has 0 radical (unpaired) electrons. The molecule has 0 bridgehead atoms. The zero-order valence-corrected chi connectivity index (χ0v) is 14.6. The maximum atomic E-state index is 12.9. The van der Waals surface area contributed by atoms with Crippen LogP contribution in [0.15, 0.2) is 53.7 Å². The lowest BCUT2D eigenvalue weighted by molar-refractivity contribution is 0.102. The van der Waals surface area contributed by atoms with Crippen molar-refractivity contribution in [3.05, 3.63) is 59.9 Å². The molecule has 1 heterocycles. The van der Waals surface area contributed by atoms with Crippen molar-refractivity contribution in [3.63, 3.8) is 0 Å². The van der Waals surface area contributed by atoms with E-state index in [2.05, 4.69) is 10.2 Å². The third-order valence-corrected chi connectivity index (χ3v) is 4.68. The molecular weight excluding hydrogens is 341 g/mol. The minimum absolute atomic E-state index is 0.0871. The molecule has 0 spiro atoms. The van der Waals surface area contributed by atoms with Crippen molar-refractivity contribution in [3.8, 4) is 17.1 Å². The molecule has 1 aromatic heterocycles. The predicted octanol–water partition coefficient (Wildman–Crippen LogP) is 3.60. The van der Waals surface area contributed by atoms with E-state index in [-0.39, 0.29) is 17.4 Å². The van der Waals surface area contributed by atoms with E-state index in [0.29, 0.717) is 16.5 Å². The number of ether oxygens (including phenoxy) is 1. The molecule has 7 heteroatoms. The maximum absolute atomic E-state index is 12.9. The maximum Gasteiger partial charge on any atom is 0.191 e. The van der Waals surface area contributed by atoms with Gasteiger partial charge in [0, 0.05) is 18.2 Å². The lowest BCUT2D eigenvalue weighted by Gasteiger charge is -2.05. The number of methoxy groups -OCH3 is 1. The summed E-state index contributed by atoms with van der Waals surface area (Å²) < 4.78 is 20.0. The predicted molar refractivity (Wildman–Crippen MR) is 94.4 cm³/mol. The molecule has 0 N–H and O–H groups in total. The van der Waals surface area contributed by atoms with Crippen molar-refractivity contribution in [1.82, 2.24) is 14.8 Å². The molecular formula is C18H16FN3O2S. The van der Waals surface area contributed by atoms with Gasteiger partial charge in [0.05, 0.1) is 12.9 Å². The molecule has 0 atom stereocenters. The third-order valence-electron chi connectivity index (χ3n) is 3.66. The highest BCUT2D eigenvalue weighted by molar-refractivity contribution is 7.99. The van der Waals surface area contributed by atoms with Crippen LogP contribution >= 0.6 is 11.8 Å². The Morgan fingerprint density at radius 3 is 2.68 bits per heavy atom. The second-order valence-electron chi connectivity index (χ2n) is 5.32. The van der Waals surface area contributed by atoms with Crippen LogP contribution in [0.25, 0.3) is 11.4 Å². The second-order valence-corrected chi connectivity index (χ2v) is 6.26. The van der Waals surface area contributed by atoms with E-state index in [0.717, 1.165) is 11.3 Å². The van der Waals surface area contributed by atoms with Gasteiger partial charge in [0.15, 0.2) is 16.8 Å². The van der Waals surface area contributed by atoms with Gasteiger partial charge >= 0.3 is 0 Å². The van der Waals surface area contributed by atoms with Gasteiger partial charge in [-0.2, -0.15) is 0 Å². The van der Waals surface area contributed by atoms with Crippen LogP contribution in [0, 0.1) is 5.82 Å². The Kier molecular flexibility index (Phi) is 5.14. The minimum atomic E-state index is -0.361. The first-order valence-corrected chi connectivity index (χ1v) is 8.52. The molecule has 0 aliphatic rings. The summed E-state index contributed by atoms with van der Waals surface area (Å²) >= 11 is 1.29. The Bertz CT molecular complexity index is 894. The monoisotopic (exact) mass is 357 g/mol. The van der Waals surface area contributed by atoms with Gasteiger partial charge in [-0.3, -0.25) is 4.79 Å². The molecule has 2 aromatic carbocycles. The van der Waals surface area contributed by atoms with Gasteiger partial charge in [0.25, 0.3) is 0 Å². The first kappa shape index (κ1) is 17.2. The molecule has 3 rings (SSSR count). The highest BCUT2D eigenvalue weighted by Gasteiger charge is 2.14. The standard InChI is InChI=1S/C18H16FN3O2S/c1-22-17(13-4-3-5-15(10-13)24-2)20-21-18(22)25-11-16(23)12-6-8-14(19)9-7-12/h3-10H,11H2,1-2H3. The van der Waals surface area contributed by atoms with Crippen LogP contribution in [0.5, 0.6) is 5.75 Å². The molecule has 3 aromatic rings. The van der Waals surface area contributed by atoms with Crippen molar-refractivity contribution in [2.75, 3.05) is 12.9 Å². The number of Topliss-reactive ketones (excluding diaryl/α,β-unsaturated/α-hetero) is 1. The number of hydrogen-bond donors (Lipinski definition) is 0. The Morgan fingerprint density at radius 2 is 1.96 bits per heavy atom. The molecule has 128 valence electrons. The average Bonchev–Trinajstić information content (AvgIpc) is 3.01. The number of carbonyl (C=O) groups excluding carboxylic acids is 1. The van der Waals surface area contributed by atoms with Gasteiger partial charge in [-0.1, -0.05) is 23.9 Å². The van der Waals surface area contributed by atoms with Crippen LogP contribution in [0.3, 0.4) is 0 Å². The SMILES string of the molecule is COc1cccc(-c2nnc(SCC(=O)c3ccc(F)cc3)n2C)c1. The number of nitrogens with zero attached hydrogens (tertiary/aromatic N) is 3.